The Morgan fingerprint density at radius 3 is 2.50 bits per heavy atom. The highest BCUT2D eigenvalue weighted by molar-refractivity contribution is 6.35. The Hall–Kier alpha value is -1.28. The van der Waals surface area contributed by atoms with Crippen LogP contribution in [0, 0.1) is 17.2 Å². The second-order valence-electron chi connectivity index (χ2n) is 5.79. The zero-order valence-electron chi connectivity index (χ0n) is 13.2. The molecule has 0 spiro atoms. The third kappa shape index (κ3) is 4.88. The Morgan fingerprint density at radius 1 is 1.36 bits per heavy atom. The molecule has 0 aliphatic rings. The summed E-state index contributed by atoms with van der Waals surface area (Å²) in [7, 11) is 0. The third-order valence-electron chi connectivity index (χ3n) is 3.78. The molecule has 0 heterocycles. The first-order valence-corrected chi connectivity index (χ1v) is 7.85. The van der Waals surface area contributed by atoms with Crippen molar-refractivity contribution in [2.45, 2.75) is 39.3 Å². The van der Waals surface area contributed by atoms with Gasteiger partial charge in [0, 0.05) is 16.1 Å². The zero-order chi connectivity index (χ0) is 16.9. The van der Waals surface area contributed by atoms with E-state index in [-0.39, 0.29) is 24.4 Å². The van der Waals surface area contributed by atoms with Gasteiger partial charge in [0.1, 0.15) is 5.54 Å². The molecule has 0 bridgehead atoms. The molecule has 0 radical (unpaired) electrons. The first kappa shape index (κ1) is 18.8. The minimum atomic E-state index is -0.875. The maximum absolute atomic E-state index is 12.0. The number of rotatable bonds is 6. The molecule has 0 unspecified atom stereocenters. The predicted octanol–water partition coefficient (Wildman–Crippen LogP) is 3.70. The van der Waals surface area contributed by atoms with E-state index in [1.165, 1.54) is 0 Å². The average Bonchev–Trinajstić information content (AvgIpc) is 2.44. The number of halogens is 2. The number of amides is 1. The summed E-state index contributed by atoms with van der Waals surface area (Å²) in [5, 5.41) is 16.2. The van der Waals surface area contributed by atoms with Crippen molar-refractivity contribution >= 4 is 29.1 Å². The van der Waals surface area contributed by atoms with Crippen molar-refractivity contribution in [1.82, 2.24) is 10.6 Å². The summed E-state index contributed by atoms with van der Waals surface area (Å²) in [5.41, 5.74) is -0.00863. The van der Waals surface area contributed by atoms with Crippen LogP contribution in [0.1, 0.15) is 39.3 Å². The molecule has 0 saturated carbocycles. The van der Waals surface area contributed by atoms with E-state index in [4.69, 9.17) is 23.2 Å². The summed E-state index contributed by atoms with van der Waals surface area (Å²) in [5.74, 6) is -0.209. The topological polar surface area (TPSA) is 64.9 Å². The van der Waals surface area contributed by atoms with Crippen LogP contribution in [0.3, 0.4) is 0 Å². The molecular weight excluding hydrogens is 321 g/mol. The van der Waals surface area contributed by atoms with Crippen LogP contribution in [-0.2, 0) is 4.79 Å². The van der Waals surface area contributed by atoms with Gasteiger partial charge in [-0.25, -0.2) is 0 Å². The molecule has 0 fully saturated rings. The number of nitrogens with zero attached hydrogens (tertiary/aromatic N) is 1. The summed E-state index contributed by atoms with van der Waals surface area (Å²) in [6.45, 7) is 7.52. The lowest BCUT2D eigenvalue weighted by molar-refractivity contribution is -0.122. The minimum Gasteiger partial charge on any atom is -0.337 e. The van der Waals surface area contributed by atoms with E-state index < -0.39 is 5.54 Å². The molecule has 0 aromatic heterocycles. The normalized spacial score (nSPS) is 15.0. The van der Waals surface area contributed by atoms with Gasteiger partial charge in [0.25, 0.3) is 0 Å². The third-order valence-corrected chi connectivity index (χ3v) is 4.35. The molecule has 4 nitrogen and oxygen atoms in total. The van der Waals surface area contributed by atoms with Gasteiger partial charge in [-0.15, -0.1) is 0 Å². The van der Waals surface area contributed by atoms with Crippen molar-refractivity contribution in [1.29, 1.82) is 5.26 Å². The van der Waals surface area contributed by atoms with E-state index in [0.717, 1.165) is 5.56 Å². The van der Waals surface area contributed by atoms with Gasteiger partial charge in [-0.1, -0.05) is 43.1 Å². The van der Waals surface area contributed by atoms with Crippen LogP contribution in [0.4, 0.5) is 0 Å². The second-order valence-corrected chi connectivity index (χ2v) is 6.63. The van der Waals surface area contributed by atoms with Gasteiger partial charge in [0.15, 0.2) is 0 Å². The number of benzene rings is 1. The lowest BCUT2D eigenvalue weighted by atomic mass is 9.90. The quantitative estimate of drug-likeness (QED) is 0.828. The Labute approximate surface area is 141 Å². The molecule has 2 atom stereocenters. The van der Waals surface area contributed by atoms with Crippen molar-refractivity contribution in [2.24, 2.45) is 5.92 Å². The van der Waals surface area contributed by atoms with Gasteiger partial charge in [0.2, 0.25) is 5.91 Å². The van der Waals surface area contributed by atoms with Gasteiger partial charge in [-0.3, -0.25) is 4.79 Å². The predicted molar refractivity (Wildman–Crippen MR) is 89.9 cm³/mol. The Morgan fingerprint density at radius 2 is 2.00 bits per heavy atom. The summed E-state index contributed by atoms with van der Waals surface area (Å²) < 4.78 is 0. The van der Waals surface area contributed by atoms with Crippen LogP contribution in [0.5, 0.6) is 0 Å². The first-order valence-electron chi connectivity index (χ1n) is 7.10. The summed E-state index contributed by atoms with van der Waals surface area (Å²) >= 11 is 12.0. The van der Waals surface area contributed by atoms with Crippen LogP contribution < -0.4 is 10.6 Å². The van der Waals surface area contributed by atoms with Crippen molar-refractivity contribution in [3.05, 3.63) is 33.8 Å². The van der Waals surface area contributed by atoms with Crippen LogP contribution >= 0.6 is 23.2 Å². The maximum Gasteiger partial charge on any atom is 0.235 e. The van der Waals surface area contributed by atoms with Crippen LogP contribution in [0.25, 0.3) is 0 Å². The molecular formula is C16H21Cl2N3O. The summed E-state index contributed by atoms with van der Waals surface area (Å²) in [6, 6.07) is 7.29. The highest BCUT2D eigenvalue weighted by atomic mass is 35.5. The molecule has 0 aliphatic carbocycles. The molecule has 0 aliphatic heterocycles. The standard InChI is InChI=1S/C16H21Cl2N3O/c1-10(2)16(4,9-19)21-15(22)8-20-11(3)13-6-5-12(17)7-14(13)18/h5-7,10-11,20H,8H2,1-4H3,(H,21,22)/t11-,16+/m0/s1. The molecule has 1 aromatic rings. The van der Waals surface area contributed by atoms with E-state index in [1.807, 2.05) is 26.8 Å². The van der Waals surface area contributed by atoms with Gasteiger partial charge in [-0.05, 0) is 37.5 Å². The molecule has 1 rings (SSSR count). The summed E-state index contributed by atoms with van der Waals surface area (Å²) in [6.07, 6.45) is 0. The van der Waals surface area contributed by atoms with Crippen molar-refractivity contribution < 1.29 is 4.79 Å². The van der Waals surface area contributed by atoms with Crippen LogP contribution in [-0.4, -0.2) is 18.0 Å². The van der Waals surface area contributed by atoms with Gasteiger partial charge >= 0.3 is 0 Å². The lowest BCUT2D eigenvalue weighted by Gasteiger charge is -2.27. The highest BCUT2D eigenvalue weighted by Crippen LogP contribution is 2.25. The summed E-state index contributed by atoms with van der Waals surface area (Å²) in [4.78, 5) is 12.0. The Balaban J connectivity index is 2.62. The van der Waals surface area contributed by atoms with E-state index in [0.29, 0.717) is 10.0 Å². The Bertz CT molecular complexity index is 583. The number of hydrogen-bond acceptors (Lipinski definition) is 3. The van der Waals surface area contributed by atoms with Crippen LogP contribution in [0.15, 0.2) is 18.2 Å². The molecule has 2 N–H and O–H groups in total. The average molecular weight is 342 g/mol. The number of carbonyl (C=O) groups is 1. The Kier molecular flexibility index (Phi) is 6.67. The molecule has 120 valence electrons. The smallest absolute Gasteiger partial charge is 0.235 e. The molecule has 1 amide bonds. The fraction of sp³-hybridized carbons (Fsp3) is 0.500. The second kappa shape index (κ2) is 7.82. The van der Waals surface area contributed by atoms with Crippen molar-refractivity contribution in [2.75, 3.05) is 6.54 Å². The van der Waals surface area contributed by atoms with Gasteiger partial charge in [-0.2, -0.15) is 5.26 Å². The highest BCUT2D eigenvalue weighted by Gasteiger charge is 2.29. The zero-order valence-corrected chi connectivity index (χ0v) is 14.7. The number of nitrogens with one attached hydrogen (secondary N) is 2. The lowest BCUT2D eigenvalue weighted by Crippen LogP contribution is -2.51. The minimum absolute atomic E-state index is 0.0181. The van der Waals surface area contributed by atoms with E-state index >= 15 is 0 Å². The van der Waals surface area contributed by atoms with Gasteiger partial charge < -0.3 is 10.6 Å². The molecule has 1 aromatic carbocycles. The van der Waals surface area contributed by atoms with Gasteiger partial charge in [0.05, 0.1) is 12.6 Å². The molecule has 0 saturated heterocycles. The SMILES string of the molecule is CC(C)[C@@](C)(C#N)NC(=O)CN[C@@H](C)c1ccc(Cl)cc1Cl. The number of carbonyl (C=O) groups excluding carboxylic acids is 1. The van der Waals surface area contributed by atoms with E-state index in [9.17, 15) is 10.1 Å². The fourth-order valence-electron chi connectivity index (χ4n) is 1.84. The van der Waals surface area contributed by atoms with Crippen molar-refractivity contribution in [3.63, 3.8) is 0 Å². The number of hydrogen-bond donors (Lipinski definition) is 2. The number of nitriles is 1. The molecule has 22 heavy (non-hydrogen) atoms. The van der Waals surface area contributed by atoms with E-state index in [1.54, 1.807) is 19.1 Å². The van der Waals surface area contributed by atoms with Crippen LogP contribution in [0.2, 0.25) is 10.0 Å². The largest absolute Gasteiger partial charge is 0.337 e. The monoisotopic (exact) mass is 341 g/mol. The molecule has 6 heteroatoms. The fourth-order valence-corrected chi connectivity index (χ4v) is 2.42. The maximum atomic E-state index is 12.0. The van der Waals surface area contributed by atoms with E-state index in [2.05, 4.69) is 16.7 Å². The first-order chi connectivity index (χ1) is 10.2. The van der Waals surface area contributed by atoms with Crippen molar-refractivity contribution in [3.8, 4) is 6.07 Å².